The number of likely N-dealkylation sites (N-methyl/N-ethyl adjacent to an activating group) is 1. The van der Waals surface area contributed by atoms with Gasteiger partial charge in [0.25, 0.3) is 0 Å². The van der Waals surface area contributed by atoms with Gasteiger partial charge in [0.1, 0.15) is 6.04 Å². The fourth-order valence-corrected chi connectivity index (χ4v) is 1.59. The maximum Gasteiger partial charge on any atom is 0.324 e. The SMILES string of the molecule is COC(=O)C(CN(C)CCOC(C)C)NC(C)C. The number of rotatable bonds is 9. The highest BCUT2D eigenvalue weighted by Gasteiger charge is 2.21. The largest absolute Gasteiger partial charge is 0.468 e. The van der Waals surface area contributed by atoms with Crippen molar-refractivity contribution in [3.63, 3.8) is 0 Å². The quantitative estimate of drug-likeness (QED) is 0.624. The predicted octanol–water partition coefficient (Wildman–Crippen LogP) is 0.883. The molecule has 0 radical (unpaired) electrons. The fourth-order valence-electron chi connectivity index (χ4n) is 1.59. The van der Waals surface area contributed by atoms with Gasteiger partial charge in [-0.2, -0.15) is 0 Å². The van der Waals surface area contributed by atoms with Gasteiger partial charge in [0.2, 0.25) is 0 Å². The number of methoxy groups -OCH3 is 1. The van der Waals surface area contributed by atoms with E-state index in [1.54, 1.807) is 0 Å². The summed E-state index contributed by atoms with van der Waals surface area (Å²) in [5.74, 6) is -0.222. The Bertz CT molecular complexity index is 232. The van der Waals surface area contributed by atoms with Gasteiger partial charge in [-0.25, -0.2) is 0 Å². The molecule has 0 fully saturated rings. The van der Waals surface area contributed by atoms with Crippen molar-refractivity contribution in [1.29, 1.82) is 0 Å². The molecule has 0 aromatic heterocycles. The average Bonchev–Trinajstić information content (AvgIpc) is 2.25. The molecule has 1 unspecified atom stereocenters. The smallest absolute Gasteiger partial charge is 0.324 e. The molecule has 1 N–H and O–H groups in total. The summed E-state index contributed by atoms with van der Waals surface area (Å²) in [6.45, 7) is 10.1. The molecule has 0 bridgehead atoms. The lowest BCUT2D eigenvalue weighted by atomic mass is 10.2. The van der Waals surface area contributed by atoms with Gasteiger partial charge in [0.05, 0.1) is 19.8 Å². The Labute approximate surface area is 111 Å². The topological polar surface area (TPSA) is 50.8 Å². The van der Waals surface area contributed by atoms with E-state index in [-0.39, 0.29) is 24.2 Å². The average molecular weight is 260 g/mol. The third-order valence-electron chi connectivity index (χ3n) is 2.44. The molecule has 1 atom stereocenters. The van der Waals surface area contributed by atoms with Crippen LogP contribution < -0.4 is 5.32 Å². The van der Waals surface area contributed by atoms with Gasteiger partial charge in [0.15, 0.2) is 0 Å². The van der Waals surface area contributed by atoms with Crippen molar-refractivity contribution in [3.05, 3.63) is 0 Å². The minimum Gasteiger partial charge on any atom is -0.468 e. The van der Waals surface area contributed by atoms with Crippen molar-refractivity contribution >= 4 is 5.97 Å². The lowest BCUT2D eigenvalue weighted by Crippen LogP contribution is -2.48. The van der Waals surface area contributed by atoms with E-state index in [1.807, 2.05) is 34.7 Å². The first-order valence-corrected chi connectivity index (χ1v) is 6.50. The Kier molecular flexibility index (Phi) is 8.97. The van der Waals surface area contributed by atoms with Gasteiger partial charge >= 0.3 is 5.97 Å². The number of carbonyl (C=O) groups excluding carboxylic acids is 1. The van der Waals surface area contributed by atoms with Crippen molar-refractivity contribution in [3.8, 4) is 0 Å². The van der Waals surface area contributed by atoms with Gasteiger partial charge < -0.3 is 19.7 Å². The second-order valence-electron chi connectivity index (χ2n) is 5.08. The van der Waals surface area contributed by atoms with Gasteiger partial charge in [-0.3, -0.25) is 4.79 Å². The van der Waals surface area contributed by atoms with Gasteiger partial charge in [-0.05, 0) is 20.9 Å². The van der Waals surface area contributed by atoms with Gasteiger partial charge in [-0.1, -0.05) is 13.8 Å². The summed E-state index contributed by atoms with van der Waals surface area (Å²) in [5.41, 5.74) is 0. The van der Waals surface area contributed by atoms with E-state index >= 15 is 0 Å². The summed E-state index contributed by atoms with van der Waals surface area (Å²) in [5, 5.41) is 3.20. The highest BCUT2D eigenvalue weighted by atomic mass is 16.5. The third kappa shape index (κ3) is 8.44. The Morgan fingerprint density at radius 1 is 1.28 bits per heavy atom. The van der Waals surface area contributed by atoms with Crippen molar-refractivity contribution in [2.45, 2.75) is 45.9 Å². The molecule has 0 saturated carbocycles. The van der Waals surface area contributed by atoms with Crippen LogP contribution >= 0.6 is 0 Å². The molecule has 108 valence electrons. The molecule has 0 aliphatic rings. The zero-order valence-electron chi connectivity index (χ0n) is 12.5. The molecule has 0 aliphatic carbocycles. The first-order chi connectivity index (χ1) is 8.36. The minimum absolute atomic E-state index is 0.222. The second-order valence-corrected chi connectivity index (χ2v) is 5.08. The Morgan fingerprint density at radius 2 is 1.89 bits per heavy atom. The van der Waals surface area contributed by atoms with Crippen molar-refractivity contribution in [2.24, 2.45) is 0 Å². The van der Waals surface area contributed by atoms with Gasteiger partial charge in [0, 0.05) is 19.1 Å². The van der Waals surface area contributed by atoms with E-state index in [9.17, 15) is 4.79 Å². The van der Waals surface area contributed by atoms with Gasteiger partial charge in [-0.15, -0.1) is 0 Å². The number of esters is 1. The number of hydrogen-bond donors (Lipinski definition) is 1. The van der Waals surface area contributed by atoms with E-state index in [0.717, 1.165) is 6.54 Å². The van der Waals surface area contributed by atoms with Crippen LogP contribution in [0.2, 0.25) is 0 Å². The third-order valence-corrected chi connectivity index (χ3v) is 2.44. The molecular weight excluding hydrogens is 232 g/mol. The van der Waals surface area contributed by atoms with E-state index in [2.05, 4.69) is 10.2 Å². The Morgan fingerprint density at radius 3 is 2.33 bits per heavy atom. The molecule has 5 heteroatoms. The molecule has 18 heavy (non-hydrogen) atoms. The molecule has 0 spiro atoms. The Hall–Kier alpha value is -0.650. The van der Waals surface area contributed by atoms with E-state index < -0.39 is 0 Å². The molecule has 0 rings (SSSR count). The van der Waals surface area contributed by atoms with Crippen LogP contribution in [0.3, 0.4) is 0 Å². The standard InChI is InChI=1S/C13H28N2O3/c1-10(2)14-12(13(16)17-6)9-15(5)7-8-18-11(3)4/h10-12,14H,7-9H2,1-6H3. The molecule has 0 amide bonds. The lowest BCUT2D eigenvalue weighted by Gasteiger charge is -2.25. The number of nitrogens with zero attached hydrogens (tertiary/aromatic N) is 1. The summed E-state index contributed by atoms with van der Waals surface area (Å²) in [6.07, 6.45) is 0.239. The summed E-state index contributed by atoms with van der Waals surface area (Å²) < 4.78 is 10.3. The second kappa shape index (κ2) is 9.30. The maximum atomic E-state index is 11.6. The summed E-state index contributed by atoms with van der Waals surface area (Å²) in [4.78, 5) is 13.7. The lowest BCUT2D eigenvalue weighted by molar-refractivity contribution is -0.143. The summed E-state index contributed by atoms with van der Waals surface area (Å²) >= 11 is 0. The maximum absolute atomic E-state index is 11.6. The first-order valence-electron chi connectivity index (χ1n) is 6.50. The monoisotopic (exact) mass is 260 g/mol. The molecule has 0 aromatic carbocycles. The minimum atomic E-state index is -0.293. The van der Waals surface area contributed by atoms with Crippen LogP contribution in [0.1, 0.15) is 27.7 Å². The van der Waals surface area contributed by atoms with Crippen LogP contribution in [-0.4, -0.2) is 62.9 Å². The predicted molar refractivity (Wildman–Crippen MR) is 72.7 cm³/mol. The van der Waals surface area contributed by atoms with E-state index in [0.29, 0.717) is 13.2 Å². The zero-order valence-corrected chi connectivity index (χ0v) is 12.5. The van der Waals surface area contributed by atoms with Crippen LogP contribution in [0.4, 0.5) is 0 Å². The zero-order chi connectivity index (χ0) is 14.1. The van der Waals surface area contributed by atoms with Crippen LogP contribution in [0, 0.1) is 0 Å². The van der Waals surface area contributed by atoms with Crippen molar-refractivity contribution in [1.82, 2.24) is 10.2 Å². The summed E-state index contributed by atoms with van der Waals surface area (Å²) in [6, 6.07) is -0.0477. The molecule has 0 saturated heterocycles. The number of ether oxygens (including phenoxy) is 2. The highest BCUT2D eigenvalue weighted by molar-refractivity contribution is 5.75. The summed E-state index contributed by atoms with van der Waals surface area (Å²) in [7, 11) is 3.39. The van der Waals surface area contributed by atoms with E-state index in [4.69, 9.17) is 9.47 Å². The number of carbonyl (C=O) groups is 1. The van der Waals surface area contributed by atoms with Crippen LogP contribution in [-0.2, 0) is 14.3 Å². The fraction of sp³-hybridized carbons (Fsp3) is 0.923. The van der Waals surface area contributed by atoms with E-state index in [1.165, 1.54) is 7.11 Å². The first kappa shape index (κ1) is 17.4. The van der Waals surface area contributed by atoms with Crippen molar-refractivity contribution in [2.75, 3.05) is 33.9 Å². The molecular formula is C13H28N2O3. The highest BCUT2D eigenvalue weighted by Crippen LogP contribution is 1.96. The molecule has 0 aliphatic heterocycles. The van der Waals surface area contributed by atoms with Crippen LogP contribution in [0.25, 0.3) is 0 Å². The number of hydrogen-bond acceptors (Lipinski definition) is 5. The Balaban J connectivity index is 4.09. The molecule has 5 nitrogen and oxygen atoms in total. The van der Waals surface area contributed by atoms with Crippen LogP contribution in [0.15, 0.2) is 0 Å². The van der Waals surface area contributed by atoms with Crippen LogP contribution in [0.5, 0.6) is 0 Å². The van der Waals surface area contributed by atoms with Crippen molar-refractivity contribution < 1.29 is 14.3 Å². The molecule has 0 aromatic rings. The molecule has 0 heterocycles. The normalized spacial score (nSPS) is 13.4. The number of nitrogens with one attached hydrogen (secondary N) is 1.